The van der Waals surface area contributed by atoms with Crippen molar-refractivity contribution in [1.29, 1.82) is 0 Å². The molecule has 0 aliphatic heterocycles. The Hall–Kier alpha value is -2.04. The fourth-order valence-electron chi connectivity index (χ4n) is 1.57. The van der Waals surface area contributed by atoms with Gasteiger partial charge in [-0.3, -0.25) is 9.59 Å². The molecule has 0 spiro atoms. The van der Waals surface area contributed by atoms with E-state index in [0.717, 1.165) is 11.3 Å². The maximum Gasteiger partial charge on any atom is 0.305 e. The minimum atomic E-state index is -0.193. The van der Waals surface area contributed by atoms with Crippen molar-refractivity contribution in [1.82, 2.24) is 5.32 Å². The van der Waals surface area contributed by atoms with Crippen molar-refractivity contribution >= 4 is 11.9 Å². The molecule has 1 aromatic carbocycles. The lowest BCUT2D eigenvalue weighted by atomic mass is 10.2. The predicted molar refractivity (Wildman–Crippen MR) is 75.3 cm³/mol. The van der Waals surface area contributed by atoms with Crippen LogP contribution in [0.25, 0.3) is 0 Å². The standard InChI is InChI=1S/C15H21NO4/c1-3-19-15(18)5-4-10-20-14-8-6-13(7-9-14)11-16-12(2)17/h6-9H,3-5,10-11H2,1-2H3,(H,16,17). The van der Waals surface area contributed by atoms with Gasteiger partial charge in [0.2, 0.25) is 5.91 Å². The highest BCUT2D eigenvalue weighted by Crippen LogP contribution is 2.12. The third-order valence-electron chi connectivity index (χ3n) is 2.56. The van der Waals surface area contributed by atoms with Crippen LogP contribution in [0.2, 0.25) is 0 Å². The highest BCUT2D eigenvalue weighted by molar-refractivity contribution is 5.72. The smallest absolute Gasteiger partial charge is 0.305 e. The maximum absolute atomic E-state index is 11.1. The van der Waals surface area contributed by atoms with Gasteiger partial charge in [0.05, 0.1) is 13.2 Å². The number of hydrogen-bond acceptors (Lipinski definition) is 4. The van der Waals surface area contributed by atoms with E-state index >= 15 is 0 Å². The molecular weight excluding hydrogens is 258 g/mol. The summed E-state index contributed by atoms with van der Waals surface area (Å²) in [5.74, 6) is 0.506. The first kappa shape index (κ1) is 16.0. The van der Waals surface area contributed by atoms with E-state index in [0.29, 0.717) is 32.6 Å². The molecule has 0 heterocycles. The molecule has 0 aromatic heterocycles. The Morgan fingerprint density at radius 2 is 1.90 bits per heavy atom. The first-order valence-corrected chi connectivity index (χ1v) is 6.73. The van der Waals surface area contributed by atoms with Crippen LogP contribution in [0, 0.1) is 0 Å². The molecule has 20 heavy (non-hydrogen) atoms. The summed E-state index contributed by atoms with van der Waals surface area (Å²) >= 11 is 0. The van der Waals surface area contributed by atoms with E-state index in [1.807, 2.05) is 24.3 Å². The summed E-state index contributed by atoms with van der Waals surface area (Å²) in [6.45, 7) is 4.68. The molecule has 0 saturated heterocycles. The second kappa shape index (κ2) is 8.96. The molecule has 1 amide bonds. The highest BCUT2D eigenvalue weighted by Gasteiger charge is 2.02. The van der Waals surface area contributed by atoms with E-state index in [1.54, 1.807) is 6.92 Å². The van der Waals surface area contributed by atoms with Gasteiger partial charge in [-0.25, -0.2) is 0 Å². The number of carbonyl (C=O) groups excluding carboxylic acids is 2. The van der Waals surface area contributed by atoms with Crippen LogP contribution in [0.3, 0.4) is 0 Å². The van der Waals surface area contributed by atoms with E-state index in [-0.39, 0.29) is 11.9 Å². The Labute approximate surface area is 119 Å². The number of nitrogens with one attached hydrogen (secondary N) is 1. The van der Waals surface area contributed by atoms with Gasteiger partial charge >= 0.3 is 5.97 Å². The molecule has 5 heteroatoms. The Morgan fingerprint density at radius 1 is 1.20 bits per heavy atom. The Kier molecular flexibility index (Phi) is 7.17. The Bertz CT molecular complexity index is 428. The second-order valence-corrected chi connectivity index (χ2v) is 4.31. The van der Waals surface area contributed by atoms with E-state index < -0.39 is 0 Å². The van der Waals surface area contributed by atoms with Crippen LogP contribution in [0.1, 0.15) is 32.3 Å². The number of amides is 1. The average molecular weight is 279 g/mol. The van der Waals surface area contributed by atoms with Crippen LogP contribution in [0.15, 0.2) is 24.3 Å². The molecule has 0 atom stereocenters. The third-order valence-corrected chi connectivity index (χ3v) is 2.56. The zero-order chi connectivity index (χ0) is 14.8. The zero-order valence-corrected chi connectivity index (χ0v) is 12.0. The van der Waals surface area contributed by atoms with Gasteiger partial charge in [-0.1, -0.05) is 12.1 Å². The van der Waals surface area contributed by atoms with Crippen LogP contribution in [-0.4, -0.2) is 25.1 Å². The summed E-state index contributed by atoms with van der Waals surface area (Å²) < 4.78 is 10.3. The van der Waals surface area contributed by atoms with Crippen LogP contribution < -0.4 is 10.1 Å². The molecule has 0 unspecified atom stereocenters. The quantitative estimate of drug-likeness (QED) is 0.584. The molecule has 0 radical (unpaired) electrons. The predicted octanol–water partition coefficient (Wildman–Crippen LogP) is 2.04. The van der Waals surface area contributed by atoms with Crippen molar-refractivity contribution in [2.75, 3.05) is 13.2 Å². The molecule has 0 saturated carbocycles. The number of carbonyl (C=O) groups is 2. The van der Waals surface area contributed by atoms with Gasteiger partial charge in [-0.05, 0) is 31.0 Å². The molecule has 110 valence electrons. The number of hydrogen-bond donors (Lipinski definition) is 1. The van der Waals surface area contributed by atoms with Crippen LogP contribution in [0.4, 0.5) is 0 Å². The number of rotatable bonds is 8. The number of benzene rings is 1. The fourth-order valence-corrected chi connectivity index (χ4v) is 1.57. The van der Waals surface area contributed by atoms with Crippen molar-refractivity contribution in [3.8, 4) is 5.75 Å². The lowest BCUT2D eigenvalue weighted by Gasteiger charge is -2.07. The molecular formula is C15H21NO4. The molecule has 1 N–H and O–H groups in total. The van der Waals surface area contributed by atoms with Crippen LogP contribution in [-0.2, 0) is 20.9 Å². The summed E-state index contributed by atoms with van der Waals surface area (Å²) in [5.41, 5.74) is 1.01. The normalized spacial score (nSPS) is 9.90. The lowest BCUT2D eigenvalue weighted by molar-refractivity contribution is -0.143. The fraction of sp³-hybridized carbons (Fsp3) is 0.467. The van der Waals surface area contributed by atoms with Gasteiger partial charge in [0, 0.05) is 19.9 Å². The monoisotopic (exact) mass is 279 g/mol. The summed E-state index contributed by atoms with van der Waals surface area (Å²) in [7, 11) is 0. The minimum Gasteiger partial charge on any atom is -0.494 e. The Balaban J connectivity index is 2.24. The van der Waals surface area contributed by atoms with Gasteiger partial charge in [-0.2, -0.15) is 0 Å². The largest absolute Gasteiger partial charge is 0.494 e. The summed E-state index contributed by atoms with van der Waals surface area (Å²) in [5, 5.41) is 2.73. The van der Waals surface area contributed by atoms with E-state index in [9.17, 15) is 9.59 Å². The maximum atomic E-state index is 11.1. The van der Waals surface area contributed by atoms with E-state index in [4.69, 9.17) is 9.47 Å². The lowest BCUT2D eigenvalue weighted by Crippen LogP contribution is -2.18. The van der Waals surface area contributed by atoms with Crippen molar-refractivity contribution in [2.45, 2.75) is 33.2 Å². The van der Waals surface area contributed by atoms with Crippen molar-refractivity contribution in [3.63, 3.8) is 0 Å². The third kappa shape index (κ3) is 6.78. The summed E-state index contributed by atoms with van der Waals surface area (Å²) in [6, 6.07) is 7.50. The van der Waals surface area contributed by atoms with Gasteiger partial charge in [-0.15, -0.1) is 0 Å². The van der Waals surface area contributed by atoms with Gasteiger partial charge < -0.3 is 14.8 Å². The first-order valence-electron chi connectivity index (χ1n) is 6.73. The summed E-state index contributed by atoms with van der Waals surface area (Å²) in [4.78, 5) is 21.9. The summed E-state index contributed by atoms with van der Waals surface area (Å²) in [6.07, 6.45) is 1.00. The SMILES string of the molecule is CCOC(=O)CCCOc1ccc(CNC(C)=O)cc1. The minimum absolute atomic E-state index is 0.0516. The van der Waals surface area contributed by atoms with Crippen molar-refractivity contribution in [2.24, 2.45) is 0 Å². The molecule has 0 fully saturated rings. The topological polar surface area (TPSA) is 64.6 Å². The van der Waals surface area contributed by atoms with Crippen LogP contribution >= 0.6 is 0 Å². The molecule has 0 aliphatic rings. The number of esters is 1. The van der Waals surface area contributed by atoms with Gasteiger partial charge in [0.1, 0.15) is 5.75 Å². The van der Waals surface area contributed by atoms with Crippen molar-refractivity contribution < 1.29 is 19.1 Å². The molecule has 1 rings (SSSR count). The van der Waals surface area contributed by atoms with E-state index in [2.05, 4.69) is 5.32 Å². The first-order chi connectivity index (χ1) is 9.61. The highest BCUT2D eigenvalue weighted by atomic mass is 16.5. The molecule has 0 aliphatic carbocycles. The van der Waals surface area contributed by atoms with Gasteiger partial charge in [0.15, 0.2) is 0 Å². The Morgan fingerprint density at radius 3 is 2.50 bits per heavy atom. The number of ether oxygens (including phenoxy) is 2. The molecule has 1 aromatic rings. The van der Waals surface area contributed by atoms with Gasteiger partial charge in [0.25, 0.3) is 0 Å². The zero-order valence-electron chi connectivity index (χ0n) is 12.0. The van der Waals surface area contributed by atoms with E-state index in [1.165, 1.54) is 6.92 Å². The average Bonchev–Trinajstić information content (AvgIpc) is 2.43. The van der Waals surface area contributed by atoms with Crippen LogP contribution in [0.5, 0.6) is 5.75 Å². The molecule has 0 bridgehead atoms. The van der Waals surface area contributed by atoms with Crippen molar-refractivity contribution in [3.05, 3.63) is 29.8 Å². The second-order valence-electron chi connectivity index (χ2n) is 4.31. The molecule has 5 nitrogen and oxygen atoms in total.